The van der Waals surface area contributed by atoms with Crippen LogP contribution in [0.15, 0.2) is 35.6 Å². The van der Waals surface area contributed by atoms with Gasteiger partial charge in [0, 0.05) is 36.5 Å². The summed E-state index contributed by atoms with van der Waals surface area (Å²) in [4.78, 5) is 13.2. The van der Waals surface area contributed by atoms with E-state index < -0.39 is 5.72 Å². The molecule has 0 spiro atoms. The summed E-state index contributed by atoms with van der Waals surface area (Å²) in [5.41, 5.74) is -0.393. The molecule has 2 saturated heterocycles. The maximum absolute atomic E-state index is 13.2. The van der Waals surface area contributed by atoms with Crippen LogP contribution in [0.1, 0.15) is 59.4 Å². The number of carbonyl (C=O) groups is 1. The number of carbonyl (C=O) groups excluding carboxylic acids is 1. The molecule has 4 bridgehead atoms. The highest BCUT2D eigenvalue weighted by Gasteiger charge is 2.78. The van der Waals surface area contributed by atoms with Crippen LogP contribution in [-0.2, 0) is 16.0 Å². The van der Waals surface area contributed by atoms with Crippen LogP contribution in [-0.4, -0.2) is 39.7 Å². The Morgan fingerprint density at radius 1 is 1.08 bits per heavy atom. The highest BCUT2D eigenvalue weighted by Crippen LogP contribution is 2.74. The van der Waals surface area contributed by atoms with Crippen molar-refractivity contribution in [3.8, 4) is 5.75 Å². The van der Waals surface area contributed by atoms with Crippen LogP contribution >= 0.6 is 0 Å². The number of allylic oxidation sites excluding steroid dienone is 1. The number of ether oxygens (including phenoxy) is 2. The molecular formula is C30H39NO5. The number of epoxide rings is 1. The third-order valence-electron chi connectivity index (χ3n) is 11.1. The van der Waals surface area contributed by atoms with E-state index in [-0.39, 0.29) is 71.4 Å². The van der Waals surface area contributed by atoms with Gasteiger partial charge in [0.15, 0.2) is 0 Å². The summed E-state index contributed by atoms with van der Waals surface area (Å²) in [7, 11) is 0. The number of aliphatic hydroxyl groups excluding tert-OH is 1. The number of hydrogen-bond donors (Lipinski definition) is 3. The molecular weight excluding hydrogens is 454 g/mol. The lowest BCUT2D eigenvalue weighted by Gasteiger charge is -2.49. The van der Waals surface area contributed by atoms with Gasteiger partial charge in [-0.1, -0.05) is 39.8 Å². The summed E-state index contributed by atoms with van der Waals surface area (Å²) in [5, 5.41) is 26.0. The van der Waals surface area contributed by atoms with Gasteiger partial charge in [-0.2, -0.15) is 0 Å². The predicted octanol–water partition coefficient (Wildman–Crippen LogP) is 4.37. The van der Waals surface area contributed by atoms with E-state index in [1.54, 1.807) is 0 Å². The van der Waals surface area contributed by atoms with E-state index in [2.05, 4.69) is 39.9 Å². The molecule has 1 aromatic rings. The minimum atomic E-state index is -1.41. The fraction of sp³-hybridized carbons (Fsp3) is 0.700. The predicted molar refractivity (Wildman–Crippen MR) is 134 cm³/mol. The van der Waals surface area contributed by atoms with E-state index in [0.29, 0.717) is 23.3 Å². The number of aliphatic hydroxyl groups is 2. The molecule has 8 rings (SSSR count). The molecule has 0 aromatic heterocycles. The molecule has 0 unspecified atom stereocenters. The molecule has 1 amide bonds. The van der Waals surface area contributed by atoms with Crippen molar-refractivity contribution in [3.05, 3.63) is 41.2 Å². The monoisotopic (exact) mass is 493 g/mol. The van der Waals surface area contributed by atoms with Gasteiger partial charge >= 0.3 is 0 Å². The van der Waals surface area contributed by atoms with E-state index >= 15 is 0 Å². The molecule has 3 aliphatic carbocycles. The summed E-state index contributed by atoms with van der Waals surface area (Å²) in [6, 6.07) is 7.97. The topological polar surface area (TPSA) is 91.3 Å². The molecule has 3 saturated carbocycles. The molecule has 12 atom stereocenters. The van der Waals surface area contributed by atoms with E-state index in [1.165, 1.54) is 6.42 Å². The molecule has 6 heteroatoms. The van der Waals surface area contributed by atoms with Crippen molar-refractivity contribution < 1.29 is 24.5 Å². The Balaban J connectivity index is 1.46. The zero-order valence-corrected chi connectivity index (χ0v) is 22.0. The first-order valence-corrected chi connectivity index (χ1v) is 13.9. The lowest BCUT2D eigenvalue weighted by molar-refractivity contribution is -0.120. The number of fused-ring (bicyclic) bond motifs is 6. The number of rotatable bonds is 0. The van der Waals surface area contributed by atoms with Crippen molar-refractivity contribution in [1.29, 1.82) is 0 Å². The number of nitrogens with one attached hydrogen (secondary N) is 1. The molecule has 6 nitrogen and oxygen atoms in total. The molecule has 0 radical (unpaired) electrons. The highest BCUT2D eigenvalue weighted by molar-refractivity contribution is 5.97. The molecule has 1 aromatic carbocycles. The van der Waals surface area contributed by atoms with Crippen molar-refractivity contribution in [1.82, 2.24) is 5.32 Å². The Labute approximate surface area is 213 Å². The lowest BCUT2D eigenvalue weighted by Crippen LogP contribution is -2.50. The Hall–Kier alpha value is -2.05. The van der Waals surface area contributed by atoms with Gasteiger partial charge in [0.2, 0.25) is 0 Å². The lowest BCUT2D eigenvalue weighted by atomic mass is 9.53. The van der Waals surface area contributed by atoms with Crippen LogP contribution in [0.25, 0.3) is 0 Å². The van der Waals surface area contributed by atoms with Crippen LogP contribution in [0, 0.1) is 46.8 Å². The average molecular weight is 494 g/mol. The van der Waals surface area contributed by atoms with Gasteiger partial charge in [-0.15, -0.1) is 0 Å². The minimum Gasteiger partial charge on any atom is -0.512 e. The first-order valence-electron chi connectivity index (χ1n) is 13.9. The normalized spacial score (nSPS) is 54.7. The molecule has 7 aliphatic rings. The Bertz CT molecular complexity index is 1160. The summed E-state index contributed by atoms with van der Waals surface area (Å²) < 4.78 is 13.5. The Morgan fingerprint density at radius 2 is 1.81 bits per heavy atom. The van der Waals surface area contributed by atoms with E-state index in [0.717, 1.165) is 17.7 Å². The second-order valence-corrected chi connectivity index (χ2v) is 13.6. The first kappa shape index (κ1) is 23.1. The van der Waals surface area contributed by atoms with Crippen LogP contribution in [0.5, 0.6) is 5.75 Å². The van der Waals surface area contributed by atoms with Gasteiger partial charge in [0.1, 0.15) is 23.3 Å². The fourth-order valence-electron chi connectivity index (χ4n) is 10.4. The summed E-state index contributed by atoms with van der Waals surface area (Å²) in [6.07, 6.45) is 2.63. The molecule has 4 aliphatic heterocycles. The second kappa shape index (κ2) is 7.08. The van der Waals surface area contributed by atoms with Gasteiger partial charge in [-0.25, -0.2) is 0 Å². The number of amides is 1. The summed E-state index contributed by atoms with van der Waals surface area (Å²) in [5.74, 6) is 2.06. The maximum Gasteiger partial charge on any atom is 0.252 e. The molecule has 5 fully saturated rings. The van der Waals surface area contributed by atoms with Gasteiger partial charge in [-0.05, 0) is 60.6 Å². The average Bonchev–Trinajstić information content (AvgIpc) is 3.29. The highest BCUT2D eigenvalue weighted by atomic mass is 16.6. The van der Waals surface area contributed by atoms with Crippen molar-refractivity contribution in [3.63, 3.8) is 0 Å². The quantitative estimate of drug-likeness (QED) is 0.467. The standard InChI is InChI=1S/C30H39NO5/c1-14-10-15(2)22-24-21-20(16(3)26-29(5,36-26)25(21)28(22,4)11-14)23(32)19-13-30(34,31-27(19)33)12-17-6-8-18(35-24)9-7-17/h6-9,14-16,20-22,24-26,32,34H,10-13H2,1-5H3,(H,31,33)/b23-19-/t14-,15+,16+,20+,21+,22+,24+,25-,26-,28-,29+,30+/m1/s1. The van der Waals surface area contributed by atoms with Crippen LogP contribution < -0.4 is 10.1 Å². The smallest absolute Gasteiger partial charge is 0.252 e. The number of benzene rings is 1. The first-order chi connectivity index (χ1) is 16.9. The SMILES string of the molecule is C[C@@H]1C[C@H](C)[C@H]2[C@H]3Oc4ccc(cc4)C[C@]4(O)C/C(=C(/O)[C@H]5[C@H](C)[C@H]6O[C@@]6(C)[C@H]([C@H]35)[C@]2(C)C1)C(=O)N4. The zero-order chi connectivity index (χ0) is 25.4. The Morgan fingerprint density at radius 3 is 2.53 bits per heavy atom. The molecule has 36 heavy (non-hydrogen) atoms. The second-order valence-electron chi connectivity index (χ2n) is 13.6. The van der Waals surface area contributed by atoms with Gasteiger partial charge in [0.05, 0.1) is 17.3 Å². The largest absolute Gasteiger partial charge is 0.512 e. The summed E-state index contributed by atoms with van der Waals surface area (Å²) in [6.45, 7) is 11.6. The van der Waals surface area contributed by atoms with Crippen LogP contribution in [0.4, 0.5) is 0 Å². The van der Waals surface area contributed by atoms with Gasteiger partial charge in [-0.3, -0.25) is 4.79 Å². The molecule has 3 N–H and O–H groups in total. The van der Waals surface area contributed by atoms with Crippen molar-refractivity contribution >= 4 is 5.91 Å². The van der Waals surface area contributed by atoms with E-state index in [9.17, 15) is 15.0 Å². The molecule has 4 heterocycles. The maximum atomic E-state index is 13.2. The van der Waals surface area contributed by atoms with Crippen molar-refractivity contribution in [2.75, 3.05) is 0 Å². The van der Waals surface area contributed by atoms with Gasteiger partial charge in [0.25, 0.3) is 5.91 Å². The van der Waals surface area contributed by atoms with Crippen LogP contribution in [0.3, 0.4) is 0 Å². The van der Waals surface area contributed by atoms with Crippen LogP contribution in [0.2, 0.25) is 0 Å². The fourth-order valence-corrected chi connectivity index (χ4v) is 10.4. The zero-order valence-electron chi connectivity index (χ0n) is 22.0. The summed E-state index contributed by atoms with van der Waals surface area (Å²) >= 11 is 0. The van der Waals surface area contributed by atoms with E-state index in [1.807, 2.05) is 24.3 Å². The third kappa shape index (κ3) is 2.89. The third-order valence-corrected chi connectivity index (χ3v) is 11.1. The van der Waals surface area contributed by atoms with Gasteiger partial charge < -0.3 is 25.0 Å². The van der Waals surface area contributed by atoms with Crippen molar-refractivity contribution in [2.24, 2.45) is 46.8 Å². The molecule has 194 valence electrons. The van der Waals surface area contributed by atoms with Crippen molar-refractivity contribution in [2.45, 2.75) is 83.8 Å². The van der Waals surface area contributed by atoms with E-state index in [4.69, 9.17) is 9.47 Å². The number of hydrogen-bond acceptors (Lipinski definition) is 5. The minimum absolute atomic E-state index is 0.00886. The Kier molecular flexibility index (Phi) is 4.54.